The molecule has 0 aliphatic carbocycles. The first-order valence-corrected chi connectivity index (χ1v) is 3.45. The van der Waals surface area contributed by atoms with Crippen LogP contribution in [0.2, 0.25) is 0 Å². The zero-order chi connectivity index (χ0) is 7.28. The second-order valence-corrected chi connectivity index (χ2v) is 1.92. The minimum Gasteiger partial charge on any atom is -0.385 e. The summed E-state index contributed by atoms with van der Waals surface area (Å²) < 4.78 is 27.3. The quantitative estimate of drug-likeness (QED) is 0.616. The van der Waals surface area contributed by atoms with Crippen LogP contribution in [0.15, 0.2) is 0 Å². The third-order valence-corrected chi connectivity index (χ3v) is 1.02. The molecule has 0 rings (SSSR count). The summed E-state index contributed by atoms with van der Waals surface area (Å²) >= 11 is 0.954. The van der Waals surface area contributed by atoms with Crippen LogP contribution < -0.4 is 0 Å². The van der Waals surface area contributed by atoms with E-state index in [1.807, 2.05) is 0 Å². The van der Waals surface area contributed by atoms with Gasteiger partial charge in [-0.15, -0.1) is 0 Å². The predicted octanol–water partition coefficient (Wildman–Crippen LogP) is 0.907. The van der Waals surface area contributed by atoms with Gasteiger partial charge in [0.05, 0.1) is 6.61 Å². The molecule has 1 unspecified atom stereocenters. The molecule has 5 heteroatoms. The van der Waals surface area contributed by atoms with Crippen molar-refractivity contribution in [2.45, 2.75) is 12.5 Å². The van der Waals surface area contributed by atoms with E-state index in [-0.39, 0.29) is 6.61 Å². The van der Waals surface area contributed by atoms with Gasteiger partial charge in [-0.1, -0.05) is 0 Å². The number of alkyl halides is 2. The molecule has 0 aliphatic heterocycles. The van der Waals surface area contributed by atoms with E-state index in [4.69, 9.17) is 5.11 Å². The summed E-state index contributed by atoms with van der Waals surface area (Å²) in [4.78, 5) is 0. The molecule has 9 heavy (non-hydrogen) atoms. The van der Waals surface area contributed by atoms with E-state index in [9.17, 15) is 8.78 Å². The largest absolute Gasteiger partial charge is 0.385 e. The number of aliphatic hydroxyl groups excluding tert-OH is 1. The Kier molecular flexibility index (Phi) is 5.03. The maximum atomic E-state index is 11.4. The molecule has 0 bridgehead atoms. The topological polar surface area (TPSA) is 29.5 Å². The van der Waals surface area contributed by atoms with Gasteiger partial charge in [0, 0.05) is 6.26 Å². The fourth-order valence-electron chi connectivity index (χ4n) is 0.210. The highest BCUT2D eigenvalue weighted by Crippen LogP contribution is 2.03. The van der Waals surface area contributed by atoms with Gasteiger partial charge in [0.25, 0.3) is 6.43 Å². The Balaban J connectivity index is 3.16. The maximum Gasteiger partial charge on any atom is 0.266 e. The van der Waals surface area contributed by atoms with E-state index in [2.05, 4.69) is 4.18 Å². The van der Waals surface area contributed by atoms with Crippen LogP contribution in [0.25, 0.3) is 0 Å². The third kappa shape index (κ3) is 4.62. The van der Waals surface area contributed by atoms with Crippen molar-refractivity contribution >= 4 is 12.0 Å². The highest BCUT2D eigenvalue weighted by molar-refractivity contribution is 7.93. The van der Waals surface area contributed by atoms with Crippen LogP contribution in [0.5, 0.6) is 0 Å². The molecule has 0 saturated carbocycles. The molecule has 0 spiro atoms. The van der Waals surface area contributed by atoms with Gasteiger partial charge in [-0.05, 0) is 12.0 Å². The summed E-state index contributed by atoms with van der Waals surface area (Å²) in [5.74, 6) is 0. The van der Waals surface area contributed by atoms with E-state index in [0.717, 1.165) is 12.0 Å². The minimum atomic E-state index is -2.71. The summed E-state index contributed by atoms with van der Waals surface area (Å²) in [5, 5.41) is 8.37. The van der Waals surface area contributed by atoms with Crippen LogP contribution in [0, 0.1) is 0 Å². The first-order valence-electron chi connectivity index (χ1n) is 2.30. The molecule has 56 valence electrons. The normalized spacial score (nSPS) is 14.3. The monoisotopic (exact) mass is 158 g/mol. The van der Waals surface area contributed by atoms with Crippen molar-refractivity contribution in [2.24, 2.45) is 0 Å². The Hall–Kier alpha value is 0.130. The SMILES string of the molecule is CSOCC(O)C(F)F. The number of hydrogen-bond donors (Lipinski definition) is 1. The summed E-state index contributed by atoms with van der Waals surface area (Å²) in [6.45, 7) is -0.321. The zero-order valence-electron chi connectivity index (χ0n) is 4.88. The van der Waals surface area contributed by atoms with Gasteiger partial charge < -0.3 is 9.29 Å². The minimum absolute atomic E-state index is 0.321. The third-order valence-electron chi connectivity index (χ3n) is 0.648. The van der Waals surface area contributed by atoms with E-state index < -0.39 is 12.5 Å². The lowest BCUT2D eigenvalue weighted by atomic mass is 10.4. The zero-order valence-corrected chi connectivity index (χ0v) is 5.70. The molecule has 2 nitrogen and oxygen atoms in total. The summed E-state index contributed by atoms with van der Waals surface area (Å²) in [6, 6.07) is 0. The van der Waals surface area contributed by atoms with Gasteiger partial charge in [-0.3, -0.25) is 0 Å². The van der Waals surface area contributed by atoms with E-state index in [1.165, 1.54) is 0 Å². The van der Waals surface area contributed by atoms with Crippen molar-refractivity contribution in [3.63, 3.8) is 0 Å². The van der Waals surface area contributed by atoms with Crippen LogP contribution in [0.1, 0.15) is 0 Å². The smallest absolute Gasteiger partial charge is 0.266 e. The Morgan fingerprint density at radius 2 is 2.22 bits per heavy atom. The molecule has 0 aromatic carbocycles. The Morgan fingerprint density at radius 3 is 2.56 bits per heavy atom. The molecule has 0 aliphatic rings. The van der Waals surface area contributed by atoms with Gasteiger partial charge in [0.1, 0.15) is 6.10 Å². The van der Waals surface area contributed by atoms with Crippen molar-refractivity contribution < 1.29 is 18.1 Å². The highest BCUT2D eigenvalue weighted by atomic mass is 32.2. The Morgan fingerprint density at radius 1 is 1.67 bits per heavy atom. The lowest BCUT2D eigenvalue weighted by Gasteiger charge is -2.06. The van der Waals surface area contributed by atoms with Gasteiger partial charge in [0.2, 0.25) is 0 Å². The average Bonchev–Trinajstić information content (AvgIpc) is 1.82. The van der Waals surface area contributed by atoms with E-state index >= 15 is 0 Å². The van der Waals surface area contributed by atoms with Crippen molar-refractivity contribution in [2.75, 3.05) is 12.9 Å². The van der Waals surface area contributed by atoms with Crippen LogP contribution in [0.3, 0.4) is 0 Å². The van der Waals surface area contributed by atoms with E-state index in [0.29, 0.717) is 0 Å². The van der Waals surface area contributed by atoms with Gasteiger partial charge in [-0.2, -0.15) is 0 Å². The van der Waals surface area contributed by atoms with Gasteiger partial charge in [-0.25, -0.2) is 8.78 Å². The second kappa shape index (κ2) is 4.96. The highest BCUT2D eigenvalue weighted by Gasteiger charge is 2.16. The molecular formula is C4H8F2O2S. The molecular weight excluding hydrogens is 150 g/mol. The van der Waals surface area contributed by atoms with Crippen molar-refractivity contribution in [1.82, 2.24) is 0 Å². The van der Waals surface area contributed by atoms with Crippen molar-refractivity contribution in [1.29, 1.82) is 0 Å². The molecule has 0 aromatic rings. The first-order chi connectivity index (χ1) is 4.18. The standard InChI is InChI=1S/C4H8F2O2S/c1-9-8-2-3(7)4(5)6/h3-4,7H,2H2,1H3. The number of halogens is 2. The Bertz CT molecular complexity index is 71.6. The van der Waals surface area contributed by atoms with Crippen molar-refractivity contribution in [3.05, 3.63) is 0 Å². The van der Waals surface area contributed by atoms with Gasteiger partial charge >= 0.3 is 0 Å². The molecule has 1 atom stereocenters. The lowest BCUT2D eigenvalue weighted by molar-refractivity contribution is -0.0247. The molecule has 0 amide bonds. The first kappa shape index (κ1) is 9.13. The van der Waals surface area contributed by atoms with E-state index in [1.54, 1.807) is 6.26 Å². The molecule has 0 radical (unpaired) electrons. The summed E-state index contributed by atoms with van der Waals surface area (Å²) in [6.07, 6.45) is -2.77. The fraction of sp³-hybridized carbons (Fsp3) is 1.00. The summed E-state index contributed by atoms with van der Waals surface area (Å²) in [5.41, 5.74) is 0. The summed E-state index contributed by atoms with van der Waals surface area (Å²) in [7, 11) is 0. The molecule has 0 fully saturated rings. The number of aliphatic hydroxyl groups is 1. The number of rotatable bonds is 4. The average molecular weight is 158 g/mol. The fourth-order valence-corrected chi connectivity index (χ4v) is 0.486. The number of hydrogen-bond acceptors (Lipinski definition) is 3. The van der Waals surface area contributed by atoms with Crippen LogP contribution in [-0.4, -0.2) is 30.5 Å². The van der Waals surface area contributed by atoms with Crippen LogP contribution >= 0.6 is 12.0 Å². The van der Waals surface area contributed by atoms with Crippen LogP contribution in [0.4, 0.5) is 8.78 Å². The molecule has 0 aromatic heterocycles. The molecule has 0 saturated heterocycles. The second-order valence-electron chi connectivity index (χ2n) is 1.35. The van der Waals surface area contributed by atoms with Gasteiger partial charge in [0.15, 0.2) is 0 Å². The maximum absolute atomic E-state index is 11.4. The predicted molar refractivity (Wildman–Crippen MR) is 31.5 cm³/mol. The van der Waals surface area contributed by atoms with Crippen LogP contribution in [-0.2, 0) is 4.18 Å². The molecule has 1 N–H and O–H groups in total. The Labute approximate surface area is 56.4 Å². The van der Waals surface area contributed by atoms with Crippen molar-refractivity contribution in [3.8, 4) is 0 Å². The molecule has 0 heterocycles. The lowest BCUT2D eigenvalue weighted by Crippen LogP contribution is -2.22.